The van der Waals surface area contributed by atoms with E-state index in [4.69, 9.17) is 0 Å². The number of amides is 1. The zero-order valence-corrected chi connectivity index (χ0v) is 14.4. The Balaban J connectivity index is 2.09. The summed E-state index contributed by atoms with van der Waals surface area (Å²) in [6, 6.07) is 7.90. The Morgan fingerprint density at radius 3 is 2.18 bits per heavy atom. The summed E-state index contributed by atoms with van der Waals surface area (Å²) < 4.78 is 0. The molecule has 1 aromatic heterocycles. The number of aromatic nitrogens is 2. The lowest BCUT2D eigenvalue weighted by Gasteiger charge is -2.15. The molecule has 1 atom stereocenters. The van der Waals surface area contributed by atoms with Gasteiger partial charge in [-0.15, -0.1) is 0 Å². The van der Waals surface area contributed by atoms with Crippen LogP contribution in [0.3, 0.4) is 0 Å². The molecule has 2 aromatic rings. The smallest absolute Gasteiger partial charge is 0.237 e. The zero-order valence-electron chi connectivity index (χ0n) is 13.6. The number of hydrogen-bond donors (Lipinski definition) is 1. The van der Waals surface area contributed by atoms with E-state index in [9.17, 15) is 4.79 Å². The average molecular weight is 315 g/mol. The summed E-state index contributed by atoms with van der Waals surface area (Å²) in [5.74, 6) is -0.0369. The highest BCUT2D eigenvalue weighted by Crippen LogP contribution is 2.24. The van der Waals surface area contributed by atoms with Gasteiger partial charge in [-0.25, -0.2) is 9.97 Å². The lowest BCUT2D eigenvalue weighted by Crippen LogP contribution is -2.23. The molecule has 0 spiro atoms. The summed E-state index contributed by atoms with van der Waals surface area (Å²) in [4.78, 5) is 21.1. The zero-order chi connectivity index (χ0) is 16.3. The number of carbonyl (C=O) groups excluding carboxylic acids is 1. The number of aryl methyl sites for hydroxylation is 4. The van der Waals surface area contributed by atoms with E-state index in [0.717, 1.165) is 28.2 Å². The molecule has 0 bridgehead atoms. The molecule has 0 radical (unpaired) electrons. The molecule has 2 rings (SSSR count). The molecule has 1 aromatic carbocycles. The molecule has 1 amide bonds. The van der Waals surface area contributed by atoms with Crippen LogP contribution in [0.25, 0.3) is 0 Å². The van der Waals surface area contributed by atoms with Gasteiger partial charge in [-0.3, -0.25) is 4.79 Å². The first-order valence-electron chi connectivity index (χ1n) is 7.23. The van der Waals surface area contributed by atoms with Gasteiger partial charge in [-0.2, -0.15) is 0 Å². The van der Waals surface area contributed by atoms with E-state index in [1.165, 1.54) is 11.8 Å². The maximum Gasteiger partial charge on any atom is 0.237 e. The second-order valence-corrected chi connectivity index (χ2v) is 6.76. The van der Waals surface area contributed by atoms with Crippen molar-refractivity contribution in [1.82, 2.24) is 9.97 Å². The minimum absolute atomic E-state index is 0.0369. The van der Waals surface area contributed by atoms with E-state index >= 15 is 0 Å². The molecule has 1 heterocycles. The Hall–Kier alpha value is -1.88. The van der Waals surface area contributed by atoms with Crippen LogP contribution in [0.15, 0.2) is 29.4 Å². The van der Waals surface area contributed by atoms with E-state index in [0.29, 0.717) is 5.16 Å². The van der Waals surface area contributed by atoms with Crippen LogP contribution < -0.4 is 5.32 Å². The van der Waals surface area contributed by atoms with Gasteiger partial charge >= 0.3 is 0 Å². The van der Waals surface area contributed by atoms with Crippen LogP contribution >= 0.6 is 11.8 Å². The van der Waals surface area contributed by atoms with E-state index in [-0.39, 0.29) is 11.2 Å². The van der Waals surface area contributed by atoms with Gasteiger partial charge in [-0.05, 0) is 51.8 Å². The van der Waals surface area contributed by atoms with Crippen LogP contribution in [0.5, 0.6) is 0 Å². The number of thioether (sulfide) groups is 1. The number of hydrogen-bond acceptors (Lipinski definition) is 4. The first kappa shape index (κ1) is 16.5. The fraction of sp³-hybridized carbons (Fsp3) is 0.353. The van der Waals surface area contributed by atoms with Crippen LogP contribution in [0.4, 0.5) is 5.69 Å². The largest absolute Gasteiger partial charge is 0.325 e. The summed E-state index contributed by atoms with van der Waals surface area (Å²) in [5, 5.41) is 3.39. The molecule has 5 heteroatoms. The van der Waals surface area contributed by atoms with Gasteiger partial charge in [0.15, 0.2) is 5.16 Å². The van der Waals surface area contributed by atoms with Crippen molar-refractivity contribution in [3.8, 4) is 0 Å². The number of nitrogens with zero attached hydrogens (tertiary/aromatic N) is 2. The van der Waals surface area contributed by atoms with Gasteiger partial charge in [0, 0.05) is 17.1 Å². The molecule has 0 saturated heterocycles. The van der Waals surface area contributed by atoms with Crippen molar-refractivity contribution in [1.29, 1.82) is 0 Å². The molecule has 0 aliphatic carbocycles. The normalized spacial score (nSPS) is 12.0. The fourth-order valence-corrected chi connectivity index (χ4v) is 3.07. The second-order valence-electron chi connectivity index (χ2n) is 5.45. The lowest BCUT2D eigenvalue weighted by molar-refractivity contribution is -0.115. The Labute approximate surface area is 135 Å². The quantitative estimate of drug-likeness (QED) is 0.688. The van der Waals surface area contributed by atoms with Crippen molar-refractivity contribution in [2.24, 2.45) is 0 Å². The van der Waals surface area contributed by atoms with Crippen molar-refractivity contribution < 1.29 is 4.79 Å². The number of carbonyl (C=O) groups is 1. The molecule has 0 aliphatic rings. The predicted molar refractivity (Wildman–Crippen MR) is 91.4 cm³/mol. The second kappa shape index (κ2) is 6.92. The molecule has 116 valence electrons. The molecule has 1 N–H and O–H groups in total. The highest BCUT2D eigenvalue weighted by Gasteiger charge is 2.18. The first-order chi connectivity index (χ1) is 10.4. The third-order valence-corrected chi connectivity index (χ3v) is 4.30. The maximum atomic E-state index is 12.4. The molecule has 22 heavy (non-hydrogen) atoms. The van der Waals surface area contributed by atoms with Gasteiger partial charge in [0.1, 0.15) is 0 Å². The fourth-order valence-electron chi connectivity index (χ4n) is 2.19. The molecule has 0 aliphatic heterocycles. The third kappa shape index (κ3) is 4.07. The highest BCUT2D eigenvalue weighted by atomic mass is 32.2. The maximum absolute atomic E-state index is 12.4. The first-order valence-corrected chi connectivity index (χ1v) is 8.11. The van der Waals surface area contributed by atoms with Crippen LogP contribution in [0.1, 0.15) is 29.4 Å². The SMILES string of the molecule is Cc1cc(C)nc(S[C@H](C)C(=O)Nc2c(C)cccc2C)n1. The van der Waals surface area contributed by atoms with Gasteiger partial charge in [-0.1, -0.05) is 30.0 Å². The summed E-state index contributed by atoms with van der Waals surface area (Å²) in [6.45, 7) is 9.72. The Kier molecular flexibility index (Phi) is 5.19. The molecular formula is C17H21N3OS. The minimum Gasteiger partial charge on any atom is -0.325 e. The monoisotopic (exact) mass is 315 g/mol. The third-order valence-electron chi connectivity index (χ3n) is 3.34. The van der Waals surface area contributed by atoms with Crippen LogP contribution in [0, 0.1) is 27.7 Å². The van der Waals surface area contributed by atoms with Crippen LogP contribution in [-0.2, 0) is 4.79 Å². The van der Waals surface area contributed by atoms with Crippen molar-refractivity contribution in [2.45, 2.75) is 45.0 Å². The Bertz CT molecular complexity index is 660. The number of benzene rings is 1. The minimum atomic E-state index is -0.264. The molecule has 4 nitrogen and oxygen atoms in total. The van der Waals surface area contributed by atoms with Gasteiger partial charge < -0.3 is 5.32 Å². The Morgan fingerprint density at radius 2 is 1.64 bits per heavy atom. The van der Waals surface area contributed by atoms with Gasteiger partial charge in [0.25, 0.3) is 0 Å². The van der Waals surface area contributed by atoms with Crippen molar-refractivity contribution >= 4 is 23.4 Å². The lowest BCUT2D eigenvalue weighted by atomic mass is 10.1. The standard InChI is InChI=1S/C17H21N3OS/c1-10-7-6-8-11(2)15(10)20-16(21)14(5)22-17-18-12(3)9-13(4)19-17/h6-9,14H,1-5H3,(H,20,21)/t14-/m1/s1. The van der Waals surface area contributed by atoms with Crippen molar-refractivity contribution in [3.05, 3.63) is 46.8 Å². The topological polar surface area (TPSA) is 54.9 Å². The molecule has 0 fully saturated rings. The molecular weight excluding hydrogens is 294 g/mol. The number of nitrogens with one attached hydrogen (secondary N) is 1. The van der Waals surface area contributed by atoms with Crippen LogP contribution in [-0.4, -0.2) is 21.1 Å². The summed E-state index contributed by atoms with van der Waals surface area (Å²) in [6.07, 6.45) is 0. The van der Waals surface area contributed by atoms with E-state index in [2.05, 4.69) is 15.3 Å². The van der Waals surface area contributed by atoms with Gasteiger partial charge in [0.2, 0.25) is 5.91 Å². The predicted octanol–water partition coefficient (Wildman–Crippen LogP) is 3.83. The summed E-state index contributed by atoms with van der Waals surface area (Å²) >= 11 is 1.38. The van der Waals surface area contributed by atoms with E-state index in [1.54, 1.807) is 0 Å². The van der Waals surface area contributed by atoms with Gasteiger partial charge in [0.05, 0.1) is 5.25 Å². The average Bonchev–Trinajstić information content (AvgIpc) is 2.41. The number of anilines is 1. The Morgan fingerprint density at radius 1 is 1.09 bits per heavy atom. The summed E-state index contributed by atoms with van der Waals surface area (Å²) in [7, 11) is 0. The van der Waals surface area contributed by atoms with E-state index in [1.807, 2.05) is 58.9 Å². The molecule has 0 saturated carbocycles. The summed E-state index contributed by atoms with van der Waals surface area (Å²) in [5.41, 5.74) is 4.84. The number of rotatable bonds is 4. The highest BCUT2D eigenvalue weighted by molar-refractivity contribution is 8.00. The van der Waals surface area contributed by atoms with Crippen molar-refractivity contribution in [2.75, 3.05) is 5.32 Å². The number of para-hydroxylation sites is 1. The van der Waals surface area contributed by atoms with Crippen LogP contribution in [0.2, 0.25) is 0 Å². The molecule has 0 unspecified atom stereocenters. The van der Waals surface area contributed by atoms with Crippen molar-refractivity contribution in [3.63, 3.8) is 0 Å². The van der Waals surface area contributed by atoms with E-state index < -0.39 is 0 Å².